The van der Waals surface area contributed by atoms with Gasteiger partial charge in [-0.15, -0.1) is 0 Å². The van der Waals surface area contributed by atoms with Crippen LogP contribution in [0.4, 0.5) is 0 Å². The van der Waals surface area contributed by atoms with E-state index in [0.29, 0.717) is 0 Å². The number of hydrogen-bond acceptors (Lipinski definition) is 2. The van der Waals surface area contributed by atoms with Crippen molar-refractivity contribution in [1.29, 1.82) is 0 Å². The van der Waals surface area contributed by atoms with Gasteiger partial charge in [0.15, 0.2) is 0 Å². The van der Waals surface area contributed by atoms with E-state index in [0.717, 1.165) is 12.6 Å². The first kappa shape index (κ1) is 19.9. The van der Waals surface area contributed by atoms with Crippen molar-refractivity contribution in [1.82, 2.24) is 5.32 Å². The van der Waals surface area contributed by atoms with Crippen LogP contribution in [-0.2, 0) is 0 Å². The van der Waals surface area contributed by atoms with Gasteiger partial charge in [-0.2, -0.15) is 0 Å². The molecular weight excluding hydrogens is 244 g/mol. The average molecular weight is 285 g/mol. The van der Waals surface area contributed by atoms with E-state index in [1.165, 1.54) is 90.0 Å². The molecule has 0 aromatic heterocycles. The molecule has 3 N–H and O–H groups in total. The highest BCUT2D eigenvalue weighted by Crippen LogP contribution is 2.10. The predicted molar refractivity (Wildman–Crippen MR) is 92.2 cm³/mol. The third kappa shape index (κ3) is 14.3. The monoisotopic (exact) mass is 284 g/mol. The van der Waals surface area contributed by atoms with Gasteiger partial charge in [0.1, 0.15) is 0 Å². The lowest BCUT2D eigenvalue weighted by molar-refractivity contribution is 0.449. The highest BCUT2D eigenvalue weighted by atomic mass is 14.9. The van der Waals surface area contributed by atoms with Gasteiger partial charge in [0.2, 0.25) is 0 Å². The Morgan fingerprint density at radius 1 is 0.750 bits per heavy atom. The van der Waals surface area contributed by atoms with E-state index in [-0.39, 0.29) is 0 Å². The fourth-order valence-electron chi connectivity index (χ4n) is 2.79. The summed E-state index contributed by atoms with van der Waals surface area (Å²) in [4.78, 5) is 0. The van der Waals surface area contributed by atoms with Crippen LogP contribution in [0.1, 0.15) is 97.3 Å². The normalized spacial score (nSPS) is 12.8. The van der Waals surface area contributed by atoms with Crippen molar-refractivity contribution in [2.24, 2.45) is 5.73 Å². The van der Waals surface area contributed by atoms with Crippen molar-refractivity contribution < 1.29 is 0 Å². The summed E-state index contributed by atoms with van der Waals surface area (Å²) in [5.41, 5.74) is 5.49. The Morgan fingerprint density at radius 3 is 1.70 bits per heavy atom. The van der Waals surface area contributed by atoms with Crippen LogP contribution in [0.15, 0.2) is 0 Å². The molecule has 1 unspecified atom stereocenters. The minimum absolute atomic E-state index is 0.758. The van der Waals surface area contributed by atoms with Crippen molar-refractivity contribution in [3.63, 3.8) is 0 Å². The molecule has 0 aliphatic heterocycles. The van der Waals surface area contributed by atoms with E-state index in [1.54, 1.807) is 0 Å². The maximum atomic E-state index is 5.49. The molecule has 0 saturated heterocycles. The first-order chi connectivity index (χ1) is 9.85. The summed E-state index contributed by atoms with van der Waals surface area (Å²) in [6, 6.07) is 0.758. The van der Waals surface area contributed by atoms with Crippen LogP contribution >= 0.6 is 0 Å². The summed E-state index contributed by atoms with van der Waals surface area (Å²) in [5, 5.41) is 3.69. The molecule has 0 rings (SSSR count). The van der Waals surface area contributed by atoms with Gasteiger partial charge in [-0.05, 0) is 38.8 Å². The molecule has 0 amide bonds. The molecule has 122 valence electrons. The lowest BCUT2D eigenvalue weighted by atomic mass is 10.1. The van der Waals surface area contributed by atoms with Gasteiger partial charge in [0.05, 0.1) is 0 Å². The SMILES string of the molecule is CCCC(CC)NCCCCCCCCCCCCN. The largest absolute Gasteiger partial charge is 0.330 e. The molecule has 0 spiro atoms. The zero-order valence-electron chi connectivity index (χ0n) is 14.3. The number of nitrogens with two attached hydrogens (primary N) is 1. The second-order valence-electron chi connectivity index (χ2n) is 6.17. The van der Waals surface area contributed by atoms with Crippen molar-refractivity contribution in [2.75, 3.05) is 13.1 Å². The summed E-state index contributed by atoms with van der Waals surface area (Å²) in [6.07, 6.45) is 17.7. The molecule has 0 aromatic carbocycles. The molecule has 0 aliphatic rings. The van der Waals surface area contributed by atoms with Gasteiger partial charge in [-0.25, -0.2) is 0 Å². The van der Waals surface area contributed by atoms with Gasteiger partial charge in [-0.3, -0.25) is 0 Å². The molecule has 0 bridgehead atoms. The Bertz CT molecular complexity index is 171. The highest BCUT2D eigenvalue weighted by Gasteiger charge is 2.02. The molecule has 0 fully saturated rings. The Labute approximate surface area is 128 Å². The van der Waals surface area contributed by atoms with Crippen LogP contribution in [0.25, 0.3) is 0 Å². The molecular formula is C18H40N2. The van der Waals surface area contributed by atoms with Gasteiger partial charge >= 0.3 is 0 Å². The molecule has 0 aromatic rings. The molecule has 2 heteroatoms. The van der Waals surface area contributed by atoms with Crippen LogP contribution in [0.3, 0.4) is 0 Å². The van der Waals surface area contributed by atoms with Gasteiger partial charge in [0.25, 0.3) is 0 Å². The van der Waals surface area contributed by atoms with Crippen molar-refractivity contribution in [3.05, 3.63) is 0 Å². The zero-order chi connectivity index (χ0) is 14.9. The van der Waals surface area contributed by atoms with Gasteiger partial charge in [-0.1, -0.05) is 71.6 Å². The van der Waals surface area contributed by atoms with Gasteiger partial charge < -0.3 is 11.1 Å². The fraction of sp³-hybridized carbons (Fsp3) is 1.00. The van der Waals surface area contributed by atoms with Crippen LogP contribution < -0.4 is 11.1 Å². The third-order valence-corrected chi connectivity index (χ3v) is 4.19. The van der Waals surface area contributed by atoms with E-state index in [9.17, 15) is 0 Å². The summed E-state index contributed by atoms with van der Waals surface area (Å²) < 4.78 is 0. The van der Waals surface area contributed by atoms with Crippen LogP contribution in [0.2, 0.25) is 0 Å². The Morgan fingerprint density at radius 2 is 1.25 bits per heavy atom. The summed E-state index contributed by atoms with van der Waals surface area (Å²) in [6.45, 7) is 6.66. The number of hydrogen-bond donors (Lipinski definition) is 2. The quantitative estimate of drug-likeness (QED) is 0.391. The standard InChI is InChI=1S/C18H40N2/c1-3-15-18(4-2)20-17-14-12-10-8-6-5-7-9-11-13-16-19/h18,20H,3-17,19H2,1-2H3. The van der Waals surface area contributed by atoms with Crippen LogP contribution in [0.5, 0.6) is 0 Å². The number of rotatable bonds is 16. The molecule has 1 atom stereocenters. The lowest BCUT2D eigenvalue weighted by Crippen LogP contribution is -2.29. The van der Waals surface area contributed by atoms with Crippen molar-refractivity contribution >= 4 is 0 Å². The summed E-state index contributed by atoms with van der Waals surface area (Å²) >= 11 is 0. The third-order valence-electron chi connectivity index (χ3n) is 4.19. The topological polar surface area (TPSA) is 38.0 Å². The Kier molecular flexibility index (Phi) is 16.9. The first-order valence-corrected chi connectivity index (χ1v) is 9.28. The van der Waals surface area contributed by atoms with Crippen LogP contribution in [-0.4, -0.2) is 19.1 Å². The average Bonchev–Trinajstić information content (AvgIpc) is 2.47. The molecule has 2 nitrogen and oxygen atoms in total. The highest BCUT2D eigenvalue weighted by molar-refractivity contribution is 4.63. The van der Waals surface area contributed by atoms with E-state index in [2.05, 4.69) is 19.2 Å². The predicted octanol–water partition coefficient (Wildman–Crippen LogP) is 5.01. The van der Waals surface area contributed by atoms with Crippen molar-refractivity contribution in [2.45, 2.75) is 103 Å². The molecule has 0 heterocycles. The Hall–Kier alpha value is -0.0800. The first-order valence-electron chi connectivity index (χ1n) is 9.28. The Balaban J connectivity index is 3.09. The summed E-state index contributed by atoms with van der Waals surface area (Å²) in [5.74, 6) is 0. The minimum Gasteiger partial charge on any atom is -0.330 e. The van der Waals surface area contributed by atoms with E-state index >= 15 is 0 Å². The minimum atomic E-state index is 0.758. The second-order valence-corrected chi connectivity index (χ2v) is 6.17. The molecule has 20 heavy (non-hydrogen) atoms. The van der Waals surface area contributed by atoms with Crippen LogP contribution in [0, 0.1) is 0 Å². The number of unbranched alkanes of at least 4 members (excludes halogenated alkanes) is 9. The smallest absolute Gasteiger partial charge is 0.00643 e. The van der Waals surface area contributed by atoms with E-state index < -0.39 is 0 Å². The maximum Gasteiger partial charge on any atom is 0.00643 e. The molecule has 0 aliphatic carbocycles. The molecule has 0 saturated carbocycles. The van der Waals surface area contributed by atoms with Crippen molar-refractivity contribution in [3.8, 4) is 0 Å². The summed E-state index contributed by atoms with van der Waals surface area (Å²) in [7, 11) is 0. The van der Waals surface area contributed by atoms with E-state index in [1.807, 2.05) is 0 Å². The van der Waals surface area contributed by atoms with E-state index in [4.69, 9.17) is 5.73 Å². The molecule has 0 radical (unpaired) electrons. The van der Waals surface area contributed by atoms with Gasteiger partial charge in [0, 0.05) is 6.04 Å². The lowest BCUT2D eigenvalue weighted by Gasteiger charge is -2.15. The zero-order valence-corrected chi connectivity index (χ0v) is 14.3. The second kappa shape index (κ2) is 17.0. The fourth-order valence-corrected chi connectivity index (χ4v) is 2.79. The maximum absolute atomic E-state index is 5.49. The number of nitrogens with one attached hydrogen (secondary N) is 1.